The van der Waals surface area contributed by atoms with Gasteiger partial charge in [0.05, 0.1) is 12.0 Å². The molecule has 19 heavy (non-hydrogen) atoms. The number of halogens is 2. The summed E-state index contributed by atoms with van der Waals surface area (Å²) in [4.78, 5) is 10.4. The zero-order valence-corrected chi connectivity index (χ0v) is 12.5. The summed E-state index contributed by atoms with van der Waals surface area (Å²) in [7, 11) is 1.31. The van der Waals surface area contributed by atoms with E-state index in [1.54, 1.807) is 12.1 Å². The van der Waals surface area contributed by atoms with Crippen LogP contribution in [0.3, 0.4) is 0 Å². The molecule has 0 aromatic heterocycles. The molecule has 0 spiro atoms. The quantitative estimate of drug-likeness (QED) is 0.670. The second-order valence-electron chi connectivity index (χ2n) is 4.37. The van der Waals surface area contributed by atoms with E-state index in [-0.39, 0.29) is 6.54 Å². The van der Waals surface area contributed by atoms with E-state index in [4.69, 9.17) is 23.2 Å². The smallest absolute Gasteiger partial charge is 0.407 e. The Morgan fingerprint density at radius 2 is 2.16 bits per heavy atom. The van der Waals surface area contributed by atoms with Crippen LogP contribution in [0.25, 0.3) is 0 Å². The van der Waals surface area contributed by atoms with Crippen LogP contribution in [0.4, 0.5) is 4.79 Å². The summed E-state index contributed by atoms with van der Waals surface area (Å²) in [5.74, 6) is 5.89. The molecule has 0 unspecified atom stereocenters. The van der Waals surface area contributed by atoms with Crippen LogP contribution in [0.2, 0.25) is 5.02 Å². The number of hydrogen-bond donors (Lipinski definition) is 1. The van der Waals surface area contributed by atoms with Crippen LogP contribution in [-0.2, 0) is 11.3 Å². The van der Waals surface area contributed by atoms with Gasteiger partial charge in [-0.25, -0.2) is 4.79 Å². The number of carbonyl (C=O) groups is 1. The highest BCUT2D eigenvalue weighted by atomic mass is 35.5. The van der Waals surface area contributed by atoms with Gasteiger partial charge in [0.25, 0.3) is 0 Å². The number of alkyl halides is 1. The highest BCUT2D eigenvalue weighted by Gasteiger charge is 2.08. The van der Waals surface area contributed by atoms with Gasteiger partial charge in [0.15, 0.2) is 0 Å². The molecule has 0 aliphatic carbocycles. The van der Waals surface area contributed by atoms with Crippen molar-refractivity contribution in [3.05, 3.63) is 34.3 Å². The molecule has 1 aromatic rings. The van der Waals surface area contributed by atoms with Crippen molar-refractivity contribution in [2.24, 2.45) is 0 Å². The van der Waals surface area contributed by atoms with E-state index in [0.29, 0.717) is 5.02 Å². The molecule has 0 radical (unpaired) electrons. The van der Waals surface area contributed by atoms with Gasteiger partial charge >= 0.3 is 6.09 Å². The summed E-state index contributed by atoms with van der Waals surface area (Å²) in [6, 6.07) is 5.36. The fourth-order valence-electron chi connectivity index (χ4n) is 1.25. The first-order valence-corrected chi connectivity index (χ1v) is 6.40. The maximum atomic E-state index is 11.0. The predicted molar refractivity (Wildman–Crippen MR) is 77.5 cm³/mol. The molecule has 0 aliphatic heterocycles. The Balaban J connectivity index is 2.87. The number of hydrogen-bond acceptors (Lipinski definition) is 2. The Morgan fingerprint density at radius 1 is 1.47 bits per heavy atom. The molecule has 1 rings (SSSR count). The fourth-order valence-corrected chi connectivity index (χ4v) is 1.48. The van der Waals surface area contributed by atoms with Gasteiger partial charge in [0.2, 0.25) is 0 Å². The molecular weight excluding hydrogens is 285 g/mol. The van der Waals surface area contributed by atoms with Crippen LogP contribution in [0.5, 0.6) is 0 Å². The maximum absolute atomic E-state index is 11.0. The first kappa shape index (κ1) is 15.7. The lowest BCUT2D eigenvalue weighted by Crippen LogP contribution is -2.22. The molecule has 5 heteroatoms. The molecule has 1 amide bonds. The molecule has 0 bridgehead atoms. The molecule has 0 atom stereocenters. The van der Waals surface area contributed by atoms with E-state index in [9.17, 15) is 4.79 Å². The van der Waals surface area contributed by atoms with Crippen molar-refractivity contribution < 1.29 is 9.53 Å². The van der Waals surface area contributed by atoms with Crippen molar-refractivity contribution in [2.45, 2.75) is 25.3 Å². The predicted octanol–water partition coefficient (Wildman–Crippen LogP) is 3.56. The van der Waals surface area contributed by atoms with Gasteiger partial charge < -0.3 is 10.1 Å². The molecule has 0 aliphatic rings. The highest BCUT2D eigenvalue weighted by molar-refractivity contribution is 6.31. The van der Waals surface area contributed by atoms with Gasteiger partial charge in [-0.05, 0) is 37.6 Å². The Bertz CT molecular complexity index is 524. The minimum absolute atomic E-state index is 0.283. The second-order valence-corrected chi connectivity index (χ2v) is 5.73. The molecule has 1 aromatic carbocycles. The summed E-state index contributed by atoms with van der Waals surface area (Å²) >= 11 is 12.0. The number of alkyl carbamates (subject to hydrolysis) is 1. The lowest BCUT2D eigenvalue weighted by atomic mass is 10.1. The standard InChI is InChI=1S/C14H15Cl2NO2/c1-14(2,16)7-6-10-4-5-12(15)11(8-10)9-17-13(18)19-3/h4-5,8H,9H2,1-3H3,(H,17,18). The molecule has 0 heterocycles. The Morgan fingerprint density at radius 3 is 2.74 bits per heavy atom. The van der Waals surface area contributed by atoms with Crippen LogP contribution in [-0.4, -0.2) is 18.1 Å². The van der Waals surface area contributed by atoms with E-state index >= 15 is 0 Å². The third kappa shape index (κ3) is 5.87. The van der Waals surface area contributed by atoms with Gasteiger partial charge in [-0.2, -0.15) is 0 Å². The van der Waals surface area contributed by atoms with E-state index in [0.717, 1.165) is 11.1 Å². The maximum Gasteiger partial charge on any atom is 0.407 e. The minimum atomic E-state index is -0.579. The van der Waals surface area contributed by atoms with Gasteiger partial charge in [0, 0.05) is 17.1 Å². The molecule has 3 nitrogen and oxygen atoms in total. The number of methoxy groups -OCH3 is 1. The molecular formula is C14H15Cl2NO2. The lowest BCUT2D eigenvalue weighted by molar-refractivity contribution is 0.170. The van der Waals surface area contributed by atoms with Gasteiger partial charge in [-0.15, -0.1) is 11.6 Å². The SMILES string of the molecule is COC(=O)NCc1cc(C#CC(C)(C)Cl)ccc1Cl. The second kappa shape index (κ2) is 6.70. The van der Waals surface area contributed by atoms with Crippen LogP contribution in [0, 0.1) is 11.8 Å². The van der Waals surface area contributed by atoms with Crippen molar-refractivity contribution in [3.8, 4) is 11.8 Å². The monoisotopic (exact) mass is 299 g/mol. The van der Waals surface area contributed by atoms with Crippen molar-refractivity contribution in [1.82, 2.24) is 5.32 Å². The largest absolute Gasteiger partial charge is 0.453 e. The van der Waals surface area contributed by atoms with Crippen LogP contribution in [0.15, 0.2) is 18.2 Å². The van der Waals surface area contributed by atoms with Crippen LogP contribution in [0.1, 0.15) is 25.0 Å². The third-order valence-electron chi connectivity index (χ3n) is 2.16. The number of ether oxygens (including phenoxy) is 1. The molecule has 0 saturated carbocycles. The van der Waals surface area contributed by atoms with E-state index in [1.807, 2.05) is 19.9 Å². The summed E-state index contributed by atoms with van der Waals surface area (Å²) in [6.45, 7) is 3.92. The van der Waals surface area contributed by atoms with E-state index in [2.05, 4.69) is 21.9 Å². The summed E-state index contributed by atoms with van der Waals surface area (Å²) in [6.07, 6.45) is -0.505. The minimum Gasteiger partial charge on any atom is -0.453 e. The topological polar surface area (TPSA) is 38.3 Å². The van der Waals surface area contributed by atoms with Crippen LogP contribution >= 0.6 is 23.2 Å². The van der Waals surface area contributed by atoms with Gasteiger partial charge in [0.1, 0.15) is 0 Å². The molecule has 0 fully saturated rings. The fraction of sp³-hybridized carbons (Fsp3) is 0.357. The molecule has 102 valence electrons. The van der Waals surface area contributed by atoms with E-state index < -0.39 is 11.0 Å². The van der Waals surface area contributed by atoms with Crippen molar-refractivity contribution in [2.75, 3.05) is 7.11 Å². The number of rotatable bonds is 2. The third-order valence-corrected chi connectivity index (χ3v) is 2.62. The number of carbonyl (C=O) groups excluding carboxylic acids is 1. The summed E-state index contributed by atoms with van der Waals surface area (Å²) in [5, 5.41) is 3.13. The molecule has 0 saturated heterocycles. The van der Waals surface area contributed by atoms with Crippen molar-refractivity contribution in [1.29, 1.82) is 0 Å². The van der Waals surface area contributed by atoms with Crippen LogP contribution < -0.4 is 5.32 Å². The average Bonchev–Trinajstić information content (AvgIpc) is 2.34. The first-order chi connectivity index (χ1) is 8.81. The number of nitrogens with one attached hydrogen (secondary N) is 1. The normalized spacial score (nSPS) is 10.4. The summed E-state index contributed by atoms with van der Waals surface area (Å²) < 4.78 is 4.50. The zero-order chi connectivity index (χ0) is 14.5. The lowest BCUT2D eigenvalue weighted by Gasteiger charge is -2.07. The van der Waals surface area contributed by atoms with E-state index in [1.165, 1.54) is 7.11 Å². The number of benzene rings is 1. The summed E-state index contributed by atoms with van der Waals surface area (Å²) in [5.41, 5.74) is 1.56. The van der Waals surface area contributed by atoms with Gasteiger partial charge in [-0.3, -0.25) is 0 Å². The zero-order valence-electron chi connectivity index (χ0n) is 11.0. The van der Waals surface area contributed by atoms with Gasteiger partial charge in [-0.1, -0.05) is 23.4 Å². The van der Waals surface area contributed by atoms with Crippen molar-refractivity contribution in [3.63, 3.8) is 0 Å². The average molecular weight is 300 g/mol. The van der Waals surface area contributed by atoms with Crippen molar-refractivity contribution >= 4 is 29.3 Å². The Hall–Kier alpha value is -1.37. The Labute approximate surface area is 123 Å². The molecule has 1 N–H and O–H groups in total. The Kier molecular flexibility index (Phi) is 5.53. The first-order valence-electron chi connectivity index (χ1n) is 5.64. The highest BCUT2D eigenvalue weighted by Crippen LogP contribution is 2.18. The number of amides is 1.